The summed E-state index contributed by atoms with van der Waals surface area (Å²) in [4.78, 5) is 13.7. The number of amides is 1. The number of rotatable bonds is 3. The third-order valence-corrected chi connectivity index (χ3v) is 3.65. The average Bonchev–Trinajstić information content (AvgIpc) is 2.27. The van der Waals surface area contributed by atoms with Gasteiger partial charge in [0.2, 0.25) is 5.91 Å². The largest absolute Gasteiger partial charge is 0.393 e. The average molecular weight is 234 g/mol. The van der Waals surface area contributed by atoms with Gasteiger partial charge in [0.25, 0.3) is 0 Å². The summed E-state index contributed by atoms with van der Waals surface area (Å²) in [5.74, 6) is 0.791. The van der Waals surface area contributed by atoms with Crippen LogP contribution in [0.3, 0.4) is 0 Å². The molecule has 0 aromatic heterocycles. The first-order valence-corrected chi connectivity index (χ1v) is 6.12. The van der Waals surface area contributed by atoms with Crippen molar-refractivity contribution >= 4 is 17.5 Å². The molecule has 2 unspecified atom stereocenters. The molecular weight excluding hydrogens is 214 g/mol. The number of alkyl halides is 1. The summed E-state index contributed by atoms with van der Waals surface area (Å²) in [7, 11) is 0. The lowest BCUT2D eigenvalue weighted by Crippen LogP contribution is -2.43. The molecule has 4 heteroatoms. The zero-order valence-corrected chi connectivity index (χ0v) is 10.2. The van der Waals surface area contributed by atoms with Gasteiger partial charge in [0.05, 0.1) is 6.10 Å². The van der Waals surface area contributed by atoms with Crippen molar-refractivity contribution in [3.8, 4) is 0 Å². The van der Waals surface area contributed by atoms with E-state index in [1.54, 1.807) is 0 Å². The molecule has 0 radical (unpaired) electrons. The lowest BCUT2D eigenvalue weighted by atomic mass is 9.92. The highest BCUT2D eigenvalue weighted by molar-refractivity contribution is 6.19. The number of hydrogen-bond acceptors (Lipinski definition) is 2. The molecule has 1 aliphatic rings. The molecule has 0 spiro atoms. The van der Waals surface area contributed by atoms with Crippen molar-refractivity contribution < 1.29 is 9.90 Å². The number of carbonyl (C=O) groups excluding carboxylic acids is 1. The topological polar surface area (TPSA) is 40.5 Å². The first-order valence-electron chi connectivity index (χ1n) is 5.59. The number of aliphatic hydroxyl groups excluding tert-OH is 1. The van der Waals surface area contributed by atoms with Crippen molar-refractivity contribution in [1.82, 2.24) is 4.90 Å². The number of halogens is 1. The highest BCUT2D eigenvalue weighted by Gasteiger charge is 2.27. The number of carbonyl (C=O) groups is 1. The van der Waals surface area contributed by atoms with Crippen LogP contribution >= 0.6 is 11.6 Å². The number of aliphatic hydroxyl groups is 1. The molecule has 0 aromatic rings. The van der Waals surface area contributed by atoms with Crippen molar-refractivity contribution in [2.24, 2.45) is 11.8 Å². The van der Waals surface area contributed by atoms with E-state index in [2.05, 4.69) is 0 Å². The van der Waals surface area contributed by atoms with Gasteiger partial charge < -0.3 is 10.0 Å². The first kappa shape index (κ1) is 12.8. The molecule has 1 rings (SSSR count). The third kappa shape index (κ3) is 3.35. The maximum Gasteiger partial charge on any atom is 0.226 e. The summed E-state index contributed by atoms with van der Waals surface area (Å²) in [5, 5.41) is 9.43. The standard InChI is InChI=1S/C11H20ClNO2/c1-8(7-12)11(15)13-5-3-10(4-6-13)9(2)14/h8-10,14H,3-7H2,1-2H3. The second kappa shape index (κ2) is 5.71. The van der Waals surface area contributed by atoms with Crippen molar-refractivity contribution in [3.63, 3.8) is 0 Å². The summed E-state index contributed by atoms with van der Waals surface area (Å²) >= 11 is 5.66. The van der Waals surface area contributed by atoms with Gasteiger partial charge in [-0.15, -0.1) is 11.6 Å². The van der Waals surface area contributed by atoms with E-state index in [1.807, 2.05) is 18.7 Å². The summed E-state index contributed by atoms with van der Waals surface area (Å²) in [6.45, 7) is 5.20. The predicted molar refractivity (Wildman–Crippen MR) is 60.9 cm³/mol. The molecular formula is C11H20ClNO2. The predicted octanol–water partition coefficient (Wildman–Crippen LogP) is 1.48. The Kier molecular flexibility index (Phi) is 4.87. The summed E-state index contributed by atoms with van der Waals surface area (Å²) in [6, 6.07) is 0. The van der Waals surface area contributed by atoms with Crippen molar-refractivity contribution in [2.45, 2.75) is 32.8 Å². The molecule has 1 aliphatic heterocycles. The lowest BCUT2D eigenvalue weighted by Gasteiger charge is -2.34. The monoisotopic (exact) mass is 233 g/mol. The van der Waals surface area contributed by atoms with Gasteiger partial charge in [0.1, 0.15) is 0 Å². The molecule has 1 N–H and O–H groups in total. The molecule has 1 saturated heterocycles. The van der Waals surface area contributed by atoms with Crippen LogP contribution in [0.2, 0.25) is 0 Å². The van der Waals surface area contributed by atoms with Crippen LogP contribution < -0.4 is 0 Å². The van der Waals surface area contributed by atoms with E-state index in [1.165, 1.54) is 0 Å². The quantitative estimate of drug-likeness (QED) is 0.751. The number of piperidine rings is 1. The molecule has 0 aromatic carbocycles. The molecule has 1 heterocycles. The second-order valence-corrected chi connectivity index (χ2v) is 4.77. The fourth-order valence-electron chi connectivity index (χ4n) is 1.98. The Morgan fingerprint density at radius 2 is 2.00 bits per heavy atom. The molecule has 0 bridgehead atoms. The van der Waals surface area contributed by atoms with Crippen LogP contribution in [-0.4, -0.2) is 41.0 Å². The Balaban J connectivity index is 2.40. The Bertz CT molecular complexity index is 213. The second-order valence-electron chi connectivity index (χ2n) is 4.46. The van der Waals surface area contributed by atoms with Gasteiger partial charge in [-0.05, 0) is 25.7 Å². The van der Waals surface area contributed by atoms with E-state index in [0.29, 0.717) is 11.8 Å². The normalized spacial score (nSPS) is 22.5. The van der Waals surface area contributed by atoms with E-state index < -0.39 is 0 Å². The van der Waals surface area contributed by atoms with Gasteiger partial charge >= 0.3 is 0 Å². The summed E-state index contributed by atoms with van der Waals surface area (Å²) in [6.07, 6.45) is 1.55. The minimum atomic E-state index is -0.257. The van der Waals surface area contributed by atoms with Gasteiger partial charge in [-0.1, -0.05) is 6.92 Å². The molecule has 3 nitrogen and oxygen atoms in total. The van der Waals surface area contributed by atoms with Crippen molar-refractivity contribution in [2.75, 3.05) is 19.0 Å². The first-order chi connectivity index (χ1) is 7.06. The minimum Gasteiger partial charge on any atom is -0.393 e. The third-order valence-electron chi connectivity index (χ3n) is 3.19. The van der Waals surface area contributed by atoms with Crippen LogP contribution in [0.1, 0.15) is 26.7 Å². The molecule has 0 aliphatic carbocycles. The van der Waals surface area contributed by atoms with Crippen LogP contribution in [0.15, 0.2) is 0 Å². The number of hydrogen-bond donors (Lipinski definition) is 1. The Morgan fingerprint density at radius 3 is 2.40 bits per heavy atom. The highest BCUT2D eigenvalue weighted by atomic mass is 35.5. The zero-order valence-electron chi connectivity index (χ0n) is 9.45. The zero-order chi connectivity index (χ0) is 11.4. The fourth-order valence-corrected chi connectivity index (χ4v) is 2.11. The molecule has 88 valence electrons. The minimum absolute atomic E-state index is 0.0882. The lowest BCUT2D eigenvalue weighted by molar-refractivity contribution is -0.136. The van der Waals surface area contributed by atoms with E-state index >= 15 is 0 Å². The van der Waals surface area contributed by atoms with Gasteiger partial charge in [0, 0.05) is 24.9 Å². The van der Waals surface area contributed by atoms with Crippen LogP contribution in [0.5, 0.6) is 0 Å². The van der Waals surface area contributed by atoms with Crippen molar-refractivity contribution in [3.05, 3.63) is 0 Å². The maximum atomic E-state index is 11.8. The van der Waals surface area contributed by atoms with Gasteiger partial charge in [0.15, 0.2) is 0 Å². The fraction of sp³-hybridized carbons (Fsp3) is 0.909. The summed E-state index contributed by atoms with van der Waals surface area (Å²) in [5.41, 5.74) is 0. The van der Waals surface area contributed by atoms with Crippen LogP contribution in [0.25, 0.3) is 0 Å². The highest BCUT2D eigenvalue weighted by Crippen LogP contribution is 2.21. The Morgan fingerprint density at radius 1 is 1.47 bits per heavy atom. The van der Waals surface area contributed by atoms with Crippen LogP contribution in [-0.2, 0) is 4.79 Å². The smallest absolute Gasteiger partial charge is 0.226 e. The van der Waals surface area contributed by atoms with E-state index in [9.17, 15) is 9.90 Å². The number of nitrogens with zero attached hydrogens (tertiary/aromatic N) is 1. The van der Waals surface area contributed by atoms with E-state index in [4.69, 9.17) is 11.6 Å². The molecule has 0 saturated carbocycles. The van der Waals surface area contributed by atoms with Crippen molar-refractivity contribution in [1.29, 1.82) is 0 Å². The Labute approximate surface area is 96.4 Å². The molecule has 1 fully saturated rings. The van der Waals surface area contributed by atoms with Crippen LogP contribution in [0, 0.1) is 11.8 Å². The van der Waals surface area contributed by atoms with Gasteiger partial charge in [-0.2, -0.15) is 0 Å². The maximum absolute atomic E-state index is 11.8. The summed E-state index contributed by atoms with van der Waals surface area (Å²) < 4.78 is 0. The molecule has 15 heavy (non-hydrogen) atoms. The van der Waals surface area contributed by atoms with Crippen LogP contribution in [0.4, 0.5) is 0 Å². The number of likely N-dealkylation sites (tertiary alicyclic amines) is 1. The molecule has 2 atom stereocenters. The van der Waals surface area contributed by atoms with E-state index in [0.717, 1.165) is 25.9 Å². The molecule has 1 amide bonds. The van der Waals surface area contributed by atoms with E-state index in [-0.39, 0.29) is 17.9 Å². The van der Waals surface area contributed by atoms with Gasteiger partial charge in [-0.3, -0.25) is 4.79 Å². The SMILES string of the molecule is CC(CCl)C(=O)N1CCC(C(C)O)CC1. The van der Waals surface area contributed by atoms with Gasteiger partial charge in [-0.25, -0.2) is 0 Å². The Hall–Kier alpha value is -0.280.